The van der Waals surface area contributed by atoms with Gasteiger partial charge in [0.1, 0.15) is 5.82 Å². The van der Waals surface area contributed by atoms with Crippen molar-refractivity contribution >= 4 is 17.7 Å². The number of hydrogen-bond acceptors (Lipinski definition) is 2. The maximum Gasteiger partial charge on any atom is 0.193 e. The van der Waals surface area contributed by atoms with Gasteiger partial charge in [-0.1, -0.05) is 19.1 Å². The van der Waals surface area contributed by atoms with Crippen LogP contribution in [-0.2, 0) is 6.54 Å². The van der Waals surface area contributed by atoms with E-state index in [1.807, 2.05) is 17.8 Å². The van der Waals surface area contributed by atoms with Gasteiger partial charge in [-0.05, 0) is 24.1 Å². The monoisotopic (exact) mass is 295 g/mol. The number of aliphatic imine (C=N–C) groups is 1. The van der Waals surface area contributed by atoms with Gasteiger partial charge >= 0.3 is 0 Å². The molecule has 0 radical (unpaired) electrons. The Morgan fingerprint density at radius 2 is 2.40 bits per heavy atom. The highest BCUT2D eigenvalue weighted by Crippen LogP contribution is 2.21. The van der Waals surface area contributed by atoms with Crippen LogP contribution in [0.5, 0.6) is 0 Å². The molecule has 1 heterocycles. The van der Waals surface area contributed by atoms with Gasteiger partial charge in [0.15, 0.2) is 5.96 Å². The molecular weight excluding hydrogens is 273 g/mol. The number of nitrogens with zero attached hydrogens (tertiary/aromatic N) is 2. The fraction of sp³-hybridized carbons (Fsp3) is 0.533. The highest BCUT2D eigenvalue weighted by Gasteiger charge is 2.21. The molecular formula is C15H22FN3S. The minimum absolute atomic E-state index is 0.195. The smallest absolute Gasteiger partial charge is 0.193 e. The van der Waals surface area contributed by atoms with Crippen molar-refractivity contribution in [2.24, 2.45) is 4.99 Å². The van der Waals surface area contributed by atoms with Gasteiger partial charge in [-0.2, -0.15) is 11.8 Å². The number of benzene rings is 1. The van der Waals surface area contributed by atoms with Crippen molar-refractivity contribution in [3.63, 3.8) is 0 Å². The fourth-order valence-electron chi connectivity index (χ4n) is 2.32. The summed E-state index contributed by atoms with van der Waals surface area (Å²) in [6.45, 7) is 4.88. The molecule has 1 atom stereocenters. The van der Waals surface area contributed by atoms with Crippen molar-refractivity contribution in [1.29, 1.82) is 0 Å². The molecule has 2 rings (SSSR count). The molecule has 0 aromatic heterocycles. The van der Waals surface area contributed by atoms with Gasteiger partial charge in [0.05, 0.1) is 0 Å². The maximum atomic E-state index is 13.2. The maximum absolute atomic E-state index is 13.2. The van der Waals surface area contributed by atoms with Crippen LogP contribution in [0.4, 0.5) is 4.39 Å². The summed E-state index contributed by atoms with van der Waals surface area (Å²) in [5, 5.41) is 4.00. The van der Waals surface area contributed by atoms with Crippen LogP contribution in [0, 0.1) is 5.82 Å². The van der Waals surface area contributed by atoms with Gasteiger partial charge in [-0.25, -0.2) is 4.39 Å². The largest absolute Gasteiger partial charge is 0.352 e. The number of thioether (sulfide) groups is 1. The minimum Gasteiger partial charge on any atom is -0.352 e. The third-order valence-corrected chi connectivity index (χ3v) is 4.82. The molecule has 0 saturated carbocycles. The molecule has 1 aliphatic heterocycles. The van der Waals surface area contributed by atoms with Gasteiger partial charge in [0.25, 0.3) is 0 Å². The van der Waals surface area contributed by atoms with E-state index in [4.69, 9.17) is 0 Å². The summed E-state index contributed by atoms with van der Waals surface area (Å²) in [4.78, 5) is 6.64. The van der Waals surface area contributed by atoms with E-state index in [1.54, 1.807) is 19.2 Å². The van der Waals surface area contributed by atoms with E-state index < -0.39 is 0 Å². The van der Waals surface area contributed by atoms with Crippen LogP contribution < -0.4 is 5.32 Å². The Morgan fingerprint density at radius 3 is 3.10 bits per heavy atom. The third kappa shape index (κ3) is 4.13. The summed E-state index contributed by atoms with van der Waals surface area (Å²) in [6.07, 6.45) is 1.18. The molecule has 1 N–H and O–H groups in total. The highest BCUT2D eigenvalue weighted by molar-refractivity contribution is 8.00. The fourth-order valence-corrected chi connectivity index (χ4v) is 3.50. The van der Waals surface area contributed by atoms with E-state index in [0.717, 1.165) is 30.4 Å². The molecule has 1 aromatic rings. The van der Waals surface area contributed by atoms with Gasteiger partial charge in [-0.15, -0.1) is 0 Å². The molecule has 0 amide bonds. The van der Waals surface area contributed by atoms with Crippen LogP contribution in [0.1, 0.15) is 18.9 Å². The lowest BCUT2D eigenvalue weighted by Crippen LogP contribution is -2.47. The normalized spacial score (nSPS) is 20.1. The summed E-state index contributed by atoms with van der Waals surface area (Å²) in [7, 11) is 1.80. The molecule has 3 nitrogen and oxygen atoms in total. The Bertz CT molecular complexity index is 464. The summed E-state index contributed by atoms with van der Waals surface area (Å²) in [5.41, 5.74) is 0.935. The third-order valence-electron chi connectivity index (χ3n) is 3.45. The van der Waals surface area contributed by atoms with Gasteiger partial charge in [0.2, 0.25) is 0 Å². The number of hydrogen-bond donors (Lipinski definition) is 1. The van der Waals surface area contributed by atoms with Crippen molar-refractivity contribution < 1.29 is 4.39 Å². The van der Waals surface area contributed by atoms with Crippen LogP contribution in [0.3, 0.4) is 0 Å². The molecule has 1 saturated heterocycles. The number of halogens is 1. The Morgan fingerprint density at radius 1 is 1.55 bits per heavy atom. The molecule has 1 unspecified atom stereocenters. The lowest BCUT2D eigenvalue weighted by molar-refractivity contribution is 0.408. The average Bonchev–Trinajstić information content (AvgIpc) is 2.48. The zero-order valence-corrected chi connectivity index (χ0v) is 12.9. The zero-order chi connectivity index (χ0) is 14.4. The molecule has 0 aliphatic carbocycles. The second-order valence-corrected chi connectivity index (χ2v) is 6.29. The first-order chi connectivity index (χ1) is 9.72. The predicted molar refractivity (Wildman–Crippen MR) is 84.7 cm³/mol. The van der Waals surface area contributed by atoms with E-state index >= 15 is 0 Å². The average molecular weight is 295 g/mol. The Hall–Kier alpha value is -1.23. The van der Waals surface area contributed by atoms with Crippen LogP contribution in [0.15, 0.2) is 29.3 Å². The number of guanidine groups is 1. The number of nitrogens with one attached hydrogen (secondary N) is 1. The Kier molecular flexibility index (Phi) is 5.71. The highest BCUT2D eigenvalue weighted by atomic mass is 32.2. The van der Waals surface area contributed by atoms with E-state index in [0.29, 0.717) is 11.8 Å². The zero-order valence-electron chi connectivity index (χ0n) is 12.1. The SMILES string of the molecule is CCC1CN(C(=NC)NCc2cccc(F)c2)CCS1. The second-order valence-electron chi connectivity index (χ2n) is 4.88. The van der Waals surface area contributed by atoms with E-state index in [2.05, 4.69) is 22.1 Å². The molecule has 1 aromatic carbocycles. The van der Waals surface area contributed by atoms with Crippen molar-refractivity contribution in [3.8, 4) is 0 Å². The minimum atomic E-state index is -0.195. The molecule has 110 valence electrons. The first-order valence-corrected chi connectivity index (χ1v) is 8.09. The standard InChI is InChI=1S/C15H22FN3S/c1-3-14-11-19(7-8-20-14)15(17-2)18-10-12-5-4-6-13(16)9-12/h4-6,9,14H,3,7-8,10-11H2,1-2H3,(H,17,18). The predicted octanol–water partition coefficient (Wildman–Crippen LogP) is 2.73. The van der Waals surface area contributed by atoms with E-state index in [9.17, 15) is 4.39 Å². The molecule has 0 spiro atoms. The molecule has 5 heteroatoms. The first kappa shape index (κ1) is 15.2. The Labute approximate surface area is 124 Å². The van der Waals surface area contributed by atoms with Crippen LogP contribution in [0.25, 0.3) is 0 Å². The van der Waals surface area contributed by atoms with Crippen LogP contribution in [0.2, 0.25) is 0 Å². The number of rotatable bonds is 3. The van der Waals surface area contributed by atoms with Gasteiger partial charge < -0.3 is 10.2 Å². The summed E-state index contributed by atoms with van der Waals surface area (Å²) >= 11 is 2.04. The molecule has 0 bridgehead atoms. The summed E-state index contributed by atoms with van der Waals surface area (Å²) < 4.78 is 13.2. The van der Waals surface area contributed by atoms with Crippen LogP contribution in [-0.4, -0.2) is 42.0 Å². The second kappa shape index (κ2) is 7.53. The molecule has 1 aliphatic rings. The molecule has 1 fully saturated rings. The van der Waals surface area contributed by atoms with Crippen molar-refractivity contribution in [2.45, 2.75) is 25.1 Å². The van der Waals surface area contributed by atoms with Gasteiger partial charge in [-0.3, -0.25) is 4.99 Å². The topological polar surface area (TPSA) is 27.6 Å². The van der Waals surface area contributed by atoms with Crippen molar-refractivity contribution in [1.82, 2.24) is 10.2 Å². The lowest BCUT2D eigenvalue weighted by atomic mass is 10.2. The van der Waals surface area contributed by atoms with Gasteiger partial charge in [0, 0.05) is 37.7 Å². The summed E-state index contributed by atoms with van der Waals surface area (Å²) in [5.74, 6) is 1.85. The Balaban J connectivity index is 1.92. The van der Waals surface area contributed by atoms with E-state index in [1.165, 1.54) is 12.5 Å². The summed E-state index contributed by atoms with van der Waals surface area (Å²) in [6, 6.07) is 6.68. The van der Waals surface area contributed by atoms with Crippen molar-refractivity contribution in [3.05, 3.63) is 35.6 Å². The van der Waals surface area contributed by atoms with Crippen LogP contribution >= 0.6 is 11.8 Å². The quantitative estimate of drug-likeness (QED) is 0.686. The molecule has 20 heavy (non-hydrogen) atoms. The lowest BCUT2D eigenvalue weighted by Gasteiger charge is -2.34. The first-order valence-electron chi connectivity index (χ1n) is 7.04. The van der Waals surface area contributed by atoms with Crippen molar-refractivity contribution in [2.75, 3.05) is 25.9 Å². The van der Waals surface area contributed by atoms with E-state index in [-0.39, 0.29) is 5.82 Å².